The van der Waals surface area contributed by atoms with E-state index in [0.29, 0.717) is 6.04 Å². The van der Waals surface area contributed by atoms with Crippen molar-refractivity contribution in [2.45, 2.75) is 51.5 Å². The molecule has 3 nitrogen and oxygen atoms in total. The van der Waals surface area contributed by atoms with Crippen LogP contribution in [0.3, 0.4) is 0 Å². The molecule has 0 radical (unpaired) electrons. The number of hydrogen-bond acceptors (Lipinski definition) is 3. The minimum absolute atomic E-state index is 0.324. The molecule has 2 unspecified atom stereocenters. The zero-order valence-electron chi connectivity index (χ0n) is 9.85. The van der Waals surface area contributed by atoms with Gasteiger partial charge >= 0.3 is 0 Å². The molecule has 1 aliphatic rings. The molecule has 1 rings (SSSR count). The van der Waals surface area contributed by atoms with E-state index in [1.807, 2.05) is 4.90 Å². The molecular weight excluding hydrogens is 190 g/mol. The van der Waals surface area contributed by atoms with Crippen LogP contribution in [-0.2, 0) is 4.74 Å². The van der Waals surface area contributed by atoms with Crippen molar-refractivity contribution in [3.8, 4) is 0 Å². The SMILES string of the molecule is CCN(C1/C=C/CCCCC1)C(O)OC. The van der Waals surface area contributed by atoms with E-state index in [1.54, 1.807) is 7.11 Å². The summed E-state index contributed by atoms with van der Waals surface area (Å²) < 4.78 is 4.98. The van der Waals surface area contributed by atoms with E-state index < -0.39 is 6.41 Å². The zero-order chi connectivity index (χ0) is 11.1. The Morgan fingerprint density at radius 3 is 2.93 bits per heavy atom. The molecule has 0 bridgehead atoms. The van der Waals surface area contributed by atoms with Crippen LogP contribution in [0.4, 0.5) is 0 Å². The molecule has 1 aliphatic carbocycles. The van der Waals surface area contributed by atoms with E-state index in [4.69, 9.17) is 4.74 Å². The van der Waals surface area contributed by atoms with Crippen molar-refractivity contribution in [3.05, 3.63) is 12.2 Å². The standard InChI is InChI=1S/C12H23NO2/c1-3-13(12(14)15-2)11-9-7-5-4-6-8-10-11/h7,9,11-12,14H,3-6,8,10H2,1-2H3/b9-7+. The second kappa shape index (κ2) is 6.99. The van der Waals surface area contributed by atoms with Gasteiger partial charge in [-0.1, -0.05) is 31.9 Å². The van der Waals surface area contributed by atoms with Crippen molar-refractivity contribution in [1.29, 1.82) is 0 Å². The molecule has 0 spiro atoms. The summed E-state index contributed by atoms with van der Waals surface area (Å²) in [5.74, 6) is 0. The Morgan fingerprint density at radius 1 is 1.47 bits per heavy atom. The third-order valence-corrected chi connectivity index (χ3v) is 3.01. The minimum Gasteiger partial charge on any atom is -0.356 e. The van der Waals surface area contributed by atoms with E-state index in [2.05, 4.69) is 19.1 Å². The van der Waals surface area contributed by atoms with E-state index in [1.165, 1.54) is 19.3 Å². The lowest BCUT2D eigenvalue weighted by Crippen LogP contribution is -2.43. The van der Waals surface area contributed by atoms with E-state index in [0.717, 1.165) is 19.4 Å². The Kier molecular flexibility index (Phi) is 5.91. The lowest BCUT2D eigenvalue weighted by molar-refractivity contribution is -0.184. The van der Waals surface area contributed by atoms with Crippen LogP contribution in [0, 0.1) is 0 Å². The van der Waals surface area contributed by atoms with Gasteiger partial charge in [0.05, 0.1) is 0 Å². The summed E-state index contributed by atoms with van der Waals surface area (Å²) >= 11 is 0. The van der Waals surface area contributed by atoms with Crippen LogP contribution < -0.4 is 0 Å². The third kappa shape index (κ3) is 3.93. The molecule has 0 amide bonds. The zero-order valence-corrected chi connectivity index (χ0v) is 9.85. The van der Waals surface area contributed by atoms with Gasteiger partial charge in [-0.05, 0) is 19.3 Å². The first-order valence-electron chi connectivity index (χ1n) is 5.93. The number of aliphatic hydroxyl groups excluding tert-OH is 1. The van der Waals surface area contributed by atoms with Gasteiger partial charge in [0.1, 0.15) is 0 Å². The fourth-order valence-corrected chi connectivity index (χ4v) is 2.11. The molecule has 0 saturated carbocycles. The lowest BCUT2D eigenvalue weighted by atomic mass is 10.0. The van der Waals surface area contributed by atoms with Crippen LogP contribution in [0.15, 0.2) is 12.2 Å². The van der Waals surface area contributed by atoms with E-state index >= 15 is 0 Å². The number of methoxy groups -OCH3 is 1. The summed E-state index contributed by atoms with van der Waals surface area (Å²) in [5.41, 5.74) is 0. The van der Waals surface area contributed by atoms with Gasteiger partial charge in [0.2, 0.25) is 6.41 Å². The molecule has 0 saturated heterocycles. The highest BCUT2D eigenvalue weighted by Gasteiger charge is 2.21. The molecule has 0 aromatic rings. The smallest absolute Gasteiger partial charge is 0.216 e. The van der Waals surface area contributed by atoms with Crippen LogP contribution in [0.1, 0.15) is 39.0 Å². The van der Waals surface area contributed by atoms with Gasteiger partial charge < -0.3 is 9.84 Å². The van der Waals surface area contributed by atoms with Crippen molar-refractivity contribution in [3.63, 3.8) is 0 Å². The van der Waals surface area contributed by atoms with Gasteiger partial charge in [0.25, 0.3) is 0 Å². The Labute approximate surface area is 92.7 Å². The second-order valence-electron chi connectivity index (χ2n) is 4.03. The van der Waals surface area contributed by atoms with Gasteiger partial charge in [-0.3, -0.25) is 0 Å². The molecule has 15 heavy (non-hydrogen) atoms. The van der Waals surface area contributed by atoms with E-state index in [-0.39, 0.29) is 0 Å². The third-order valence-electron chi connectivity index (χ3n) is 3.01. The summed E-state index contributed by atoms with van der Waals surface area (Å²) in [7, 11) is 1.54. The largest absolute Gasteiger partial charge is 0.356 e. The summed E-state index contributed by atoms with van der Waals surface area (Å²) in [6.07, 6.45) is 9.77. The van der Waals surface area contributed by atoms with Gasteiger partial charge in [-0.15, -0.1) is 0 Å². The van der Waals surface area contributed by atoms with Gasteiger partial charge in [0, 0.05) is 19.7 Å². The number of rotatable bonds is 4. The Bertz CT molecular complexity index is 194. The second-order valence-corrected chi connectivity index (χ2v) is 4.03. The van der Waals surface area contributed by atoms with Gasteiger partial charge in [0.15, 0.2) is 0 Å². The molecule has 3 heteroatoms. The van der Waals surface area contributed by atoms with Crippen molar-refractivity contribution in [2.24, 2.45) is 0 Å². The number of allylic oxidation sites excluding steroid dienone is 1. The maximum absolute atomic E-state index is 9.70. The van der Waals surface area contributed by atoms with Crippen molar-refractivity contribution in [1.82, 2.24) is 4.90 Å². The molecule has 0 aliphatic heterocycles. The number of hydrogen-bond donors (Lipinski definition) is 1. The fraction of sp³-hybridized carbons (Fsp3) is 0.833. The molecule has 2 atom stereocenters. The normalized spacial score (nSPS) is 27.1. The highest BCUT2D eigenvalue weighted by molar-refractivity contribution is 4.95. The number of ether oxygens (including phenoxy) is 1. The van der Waals surface area contributed by atoms with Crippen LogP contribution in [0.25, 0.3) is 0 Å². The molecule has 0 aromatic carbocycles. The quantitative estimate of drug-likeness (QED) is 0.573. The summed E-state index contributed by atoms with van der Waals surface area (Å²) in [6.45, 7) is 2.86. The van der Waals surface area contributed by atoms with Gasteiger partial charge in [-0.2, -0.15) is 0 Å². The van der Waals surface area contributed by atoms with Crippen LogP contribution in [-0.4, -0.2) is 36.1 Å². The predicted molar refractivity (Wildman–Crippen MR) is 61.4 cm³/mol. The average molecular weight is 213 g/mol. The Hall–Kier alpha value is -0.380. The first kappa shape index (κ1) is 12.7. The van der Waals surface area contributed by atoms with Crippen molar-refractivity contribution < 1.29 is 9.84 Å². The minimum atomic E-state index is -0.774. The fourth-order valence-electron chi connectivity index (χ4n) is 2.11. The highest BCUT2D eigenvalue weighted by atomic mass is 16.6. The summed E-state index contributed by atoms with van der Waals surface area (Å²) in [5, 5.41) is 9.70. The highest BCUT2D eigenvalue weighted by Crippen LogP contribution is 2.17. The molecular formula is C12H23NO2. The monoisotopic (exact) mass is 213 g/mol. The average Bonchev–Trinajstić information content (AvgIpc) is 2.21. The summed E-state index contributed by atoms with van der Waals surface area (Å²) in [4.78, 5) is 1.99. The summed E-state index contributed by atoms with van der Waals surface area (Å²) in [6, 6.07) is 0.324. The van der Waals surface area contributed by atoms with Crippen molar-refractivity contribution in [2.75, 3.05) is 13.7 Å². The predicted octanol–water partition coefficient (Wildman–Crippen LogP) is 2.12. The van der Waals surface area contributed by atoms with Crippen LogP contribution >= 0.6 is 0 Å². The lowest BCUT2D eigenvalue weighted by Gasteiger charge is -2.32. The van der Waals surface area contributed by atoms with Gasteiger partial charge in [-0.25, -0.2) is 4.90 Å². The molecule has 0 aromatic heterocycles. The van der Waals surface area contributed by atoms with Crippen molar-refractivity contribution >= 4 is 0 Å². The Morgan fingerprint density at radius 2 is 2.27 bits per heavy atom. The molecule has 0 heterocycles. The maximum atomic E-state index is 9.70. The number of likely N-dealkylation sites (N-methyl/N-ethyl adjacent to an activating group) is 1. The maximum Gasteiger partial charge on any atom is 0.216 e. The Balaban J connectivity index is 2.59. The molecule has 88 valence electrons. The number of nitrogens with zero attached hydrogens (tertiary/aromatic N) is 1. The molecule has 1 N–H and O–H groups in total. The van der Waals surface area contributed by atoms with Crippen LogP contribution in [0.5, 0.6) is 0 Å². The van der Waals surface area contributed by atoms with Crippen LogP contribution in [0.2, 0.25) is 0 Å². The topological polar surface area (TPSA) is 32.7 Å². The first-order chi connectivity index (χ1) is 7.29. The first-order valence-corrected chi connectivity index (χ1v) is 5.93. The van der Waals surface area contributed by atoms with E-state index in [9.17, 15) is 5.11 Å². The number of aliphatic hydroxyl groups is 1. The molecule has 0 fully saturated rings.